The number of hydrogen-bond donors (Lipinski definition) is 0. The lowest BCUT2D eigenvalue weighted by Crippen LogP contribution is -2.39. The van der Waals surface area contributed by atoms with Gasteiger partial charge in [-0.25, -0.2) is 8.42 Å². The molecule has 6 nitrogen and oxygen atoms in total. The third-order valence-corrected chi connectivity index (χ3v) is 7.99. The van der Waals surface area contributed by atoms with Crippen LogP contribution in [-0.4, -0.2) is 53.5 Å². The molecule has 0 bridgehead atoms. The van der Waals surface area contributed by atoms with Gasteiger partial charge in [0.25, 0.3) is 11.8 Å². The van der Waals surface area contributed by atoms with Gasteiger partial charge in [-0.05, 0) is 12.5 Å². The van der Waals surface area contributed by atoms with Crippen LogP contribution >= 0.6 is 24.0 Å². The average molecular weight is 421 g/mol. The summed E-state index contributed by atoms with van der Waals surface area (Å²) in [6, 6.07) is 6.82. The zero-order chi connectivity index (χ0) is 19.3. The third-order valence-electron chi connectivity index (χ3n) is 4.83. The van der Waals surface area contributed by atoms with Crippen LogP contribution < -0.4 is 4.90 Å². The average Bonchev–Trinajstić information content (AvgIpc) is 3.21. The molecule has 0 spiro atoms. The van der Waals surface area contributed by atoms with E-state index < -0.39 is 15.9 Å². The summed E-state index contributed by atoms with van der Waals surface area (Å²) in [5.41, 5.74) is 1.74. The van der Waals surface area contributed by atoms with Gasteiger partial charge >= 0.3 is 0 Å². The summed E-state index contributed by atoms with van der Waals surface area (Å²) in [5, 5.41) is 0. The molecule has 2 fully saturated rings. The van der Waals surface area contributed by atoms with Crippen molar-refractivity contribution < 1.29 is 18.0 Å². The van der Waals surface area contributed by atoms with Gasteiger partial charge in [-0.3, -0.25) is 14.5 Å². The summed E-state index contributed by atoms with van der Waals surface area (Å²) < 4.78 is 23.9. The van der Waals surface area contributed by atoms with Crippen molar-refractivity contribution in [2.45, 2.75) is 12.5 Å². The molecule has 3 heterocycles. The second-order valence-corrected chi connectivity index (χ2v) is 10.4. The maximum absolute atomic E-state index is 13.1. The number of anilines is 1. The molecular formula is C18H16N2O4S3. The summed E-state index contributed by atoms with van der Waals surface area (Å²) in [5.74, 6) is -0.689. The Bertz CT molecular complexity index is 1030. The molecule has 0 unspecified atom stereocenters. The molecule has 3 aliphatic rings. The first-order valence-corrected chi connectivity index (χ1v) is 11.4. The van der Waals surface area contributed by atoms with Crippen LogP contribution in [0.5, 0.6) is 0 Å². The predicted molar refractivity (Wildman–Crippen MR) is 110 cm³/mol. The van der Waals surface area contributed by atoms with Gasteiger partial charge in [0, 0.05) is 12.1 Å². The van der Waals surface area contributed by atoms with Crippen LogP contribution in [0.1, 0.15) is 12.0 Å². The van der Waals surface area contributed by atoms with E-state index in [1.807, 2.05) is 18.2 Å². The molecule has 0 N–H and O–H groups in total. The smallest absolute Gasteiger partial charge is 0.267 e. The van der Waals surface area contributed by atoms with Crippen LogP contribution in [0.4, 0.5) is 5.69 Å². The topological polar surface area (TPSA) is 74.8 Å². The molecule has 1 aromatic carbocycles. The number of benzene rings is 1. The van der Waals surface area contributed by atoms with Crippen molar-refractivity contribution in [2.75, 3.05) is 23.0 Å². The number of nitrogens with zero attached hydrogens (tertiary/aromatic N) is 2. The zero-order valence-corrected chi connectivity index (χ0v) is 16.7. The van der Waals surface area contributed by atoms with Gasteiger partial charge in [-0.1, -0.05) is 48.3 Å². The zero-order valence-electron chi connectivity index (χ0n) is 14.3. The largest absolute Gasteiger partial charge is 0.304 e. The van der Waals surface area contributed by atoms with Gasteiger partial charge in [0.05, 0.1) is 33.7 Å². The molecule has 0 aliphatic carbocycles. The second-order valence-electron chi connectivity index (χ2n) is 6.53. The molecule has 2 amide bonds. The molecule has 1 aromatic rings. The fourth-order valence-corrected chi connectivity index (χ4v) is 6.81. The Morgan fingerprint density at radius 2 is 2.00 bits per heavy atom. The Morgan fingerprint density at radius 1 is 1.26 bits per heavy atom. The lowest BCUT2D eigenvalue weighted by atomic mass is 10.1. The highest BCUT2D eigenvalue weighted by Crippen LogP contribution is 2.45. The summed E-state index contributed by atoms with van der Waals surface area (Å²) in [6.45, 7) is 4.02. The summed E-state index contributed by atoms with van der Waals surface area (Å²) in [6.07, 6.45) is 2.00. The Hall–Kier alpha value is -1.97. The minimum Gasteiger partial charge on any atom is -0.304 e. The van der Waals surface area contributed by atoms with Gasteiger partial charge in [-0.15, -0.1) is 6.58 Å². The molecule has 4 rings (SSSR count). The van der Waals surface area contributed by atoms with Crippen LogP contribution in [0, 0.1) is 0 Å². The number of sulfone groups is 1. The fraction of sp³-hybridized carbons (Fsp3) is 0.278. The van der Waals surface area contributed by atoms with E-state index >= 15 is 0 Å². The Labute approximate surface area is 166 Å². The fourth-order valence-electron chi connectivity index (χ4n) is 3.63. The minimum absolute atomic E-state index is 0.0511. The molecular weight excluding hydrogens is 404 g/mol. The summed E-state index contributed by atoms with van der Waals surface area (Å²) in [4.78, 5) is 29.3. The van der Waals surface area contributed by atoms with E-state index in [4.69, 9.17) is 12.2 Å². The minimum atomic E-state index is -3.16. The van der Waals surface area contributed by atoms with Crippen LogP contribution in [0.15, 0.2) is 41.8 Å². The highest BCUT2D eigenvalue weighted by atomic mass is 32.2. The molecule has 27 heavy (non-hydrogen) atoms. The van der Waals surface area contributed by atoms with Crippen LogP contribution in [0.25, 0.3) is 5.57 Å². The first-order valence-electron chi connectivity index (χ1n) is 8.36. The van der Waals surface area contributed by atoms with Crippen LogP contribution in [0.3, 0.4) is 0 Å². The normalized spacial score (nSPS) is 26.8. The van der Waals surface area contributed by atoms with Crippen molar-refractivity contribution in [3.05, 3.63) is 47.4 Å². The highest BCUT2D eigenvalue weighted by molar-refractivity contribution is 8.26. The van der Waals surface area contributed by atoms with E-state index in [-0.39, 0.29) is 28.2 Å². The van der Waals surface area contributed by atoms with Gasteiger partial charge in [0.1, 0.15) is 4.32 Å². The Balaban J connectivity index is 1.78. The van der Waals surface area contributed by atoms with Gasteiger partial charge < -0.3 is 4.90 Å². The number of rotatable bonds is 3. The van der Waals surface area contributed by atoms with Crippen LogP contribution in [-0.2, 0) is 19.4 Å². The van der Waals surface area contributed by atoms with E-state index in [1.165, 1.54) is 4.90 Å². The molecule has 0 radical (unpaired) electrons. The van der Waals surface area contributed by atoms with Gasteiger partial charge in [0.15, 0.2) is 9.84 Å². The van der Waals surface area contributed by atoms with Gasteiger partial charge in [-0.2, -0.15) is 0 Å². The first-order chi connectivity index (χ1) is 12.8. The number of carbonyl (C=O) groups is 2. The maximum Gasteiger partial charge on any atom is 0.267 e. The van der Waals surface area contributed by atoms with Crippen molar-refractivity contribution >= 4 is 61.2 Å². The summed E-state index contributed by atoms with van der Waals surface area (Å²) in [7, 11) is -3.16. The van der Waals surface area contributed by atoms with E-state index in [9.17, 15) is 18.0 Å². The number of thioether (sulfide) groups is 1. The standard InChI is InChI=1S/C18H16N2O4S3/c1-2-8-19-13-6-4-3-5-12(13)14(16(19)21)15-17(22)20(18(25)26-15)11-7-9-27(23,24)10-11/h2-6,11H,1,7-10H2/b15-14-/t11-/m0/s1. The van der Waals surface area contributed by atoms with E-state index in [2.05, 4.69) is 6.58 Å². The summed E-state index contributed by atoms with van der Waals surface area (Å²) >= 11 is 6.43. The monoisotopic (exact) mass is 420 g/mol. The van der Waals surface area contributed by atoms with E-state index in [1.54, 1.807) is 17.0 Å². The maximum atomic E-state index is 13.1. The second kappa shape index (κ2) is 6.57. The molecule has 140 valence electrons. The number of para-hydroxylation sites is 1. The molecule has 2 saturated heterocycles. The van der Waals surface area contributed by atoms with Gasteiger partial charge in [0.2, 0.25) is 0 Å². The molecule has 0 saturated carbocycles. The van der Waals surface area contributed by atoms with Crippen LogP contribution in [0.2, 0.25) is 0 Å². The van der Waals surface area contributed by atoms with Crippen molar-refractivity contribution in [1.29, 1.82) is 0 Å². The number of fused-ring (bicyclic) bond motifs is 1. The SMILES string of the molecule is C=CCN1C(=O)/C(=C2\SC(=S)N([C@H]3CCS(=O)(=O)C3)C2=O)c2ccccc21. The Kier molecular flexibility index (Phi) is 4.48. The van der Waals surface area contributed by atoms with E-state index in [0.29, 0.717) is 28.4 Å². The lowest BCUT2D eigenvalue weighted by molar-refractivity contribution is -0.123. The number of amides is 2. The van der Waals surface area contributed by atoms with Crippen molar-refractivity contribution in [3.63, 3.8) is 0 Å². The number of hydrogen-bond acceptors (Lipinski definition) is 6. The predicted octanol–water partition coefficient (Wildman–Crippen LogP) is 1.98. The highest BCUT2D eigenvalue weighted by Gasteiger charge is 2.46. The number of carbonyl (C=O) groups excluding carboxylic acids is 2. The number of thiocarbonyl (C=S) groups is 1. The molecule has 1 atom stereocenters. The van der Waals surface area contributed by atoms with Crippen molar-refractivity contribution in [1.82, 2.24) is 4.90 Å². The lowest BCUT2D eigenvalue weighted by Gasteiger charge is -2.21. The molecule has 0 aromatic heterocycles. The molecule has 3 aliphatic heterocycles. The first kappa shape index (κ1) is 18.4. The molecule has 9 heteroatoms. The van der Waals surface area contributed by atoms with Crippen molar-refractivity contribution in [2.24, 2.45) is 0 Å². The van der Waals surface area contributed by atoms with E-state index in [0.717, 1.165) is 17.4 Å². The third kappa shape index (κ3) is 2.94. The quantitative estimate of drug-likeness (QED) is 0.423. The van der Waals surface area contributed by atoms with Crippen molar-refractivity contribution in [3.8, 4) is 0 Å². The Morgan fingerprint density at radius 3 is 2.67 bits per heavy atom.